The van der Waals surface area contributed by atoms with Crippen LogP contribution in [0.2, 0.25) is 5.02 Å². The lowest BCUT2D eigenvalue weighted by Gasteiger charge is -2.10. The van der Waals surface area contributed by atoms with Crippen molar-refractivity contribution < 1.29 is 22.8 Å². The van der Waals surface area contributed by atoms with Gasteiger partial charge in [0.2, 0.25) is 5.91 Å². The van der Waals surface area contributed by atoms with Gasteiger partial charge in [-0.1, -0.05) is 24.6 Å². The van der Waals surface area contributed by atoms with Crippen LogP contribution in [0.5, 0.6) is 0 Å². The molecule has 0 spiro atoms. The number of rotatable bonds is 6. The predicted octanol–water partition coefficient (Wildman–Crippen LogP) is 3.87. The van der Waals surface area contributed by atoms with Crippen molar-refractivity contribution in [2.45, 2.75) is 13.3 Å². The summed E-state index contributed by atoms with van der Waals surface area (Å²) in [6, 6.07) is 8.51. The molecule has 3 aromatic rings. The zero-order valence-corrected chi connectivity index (χ0v) is 16.4. The highest BCUT2D eigenvalue weighted by Crippen LogP contribution is 2.20. The molecule has 0 atom stereocenters. The van der Waals surface area contributed by atoms with E-state index in [1.165, 1.54) is 6.20 Å². The summed E-state index contributed by atoms with van der Waals surface area (Å²) in [5.41, 5.74) is 0.993. The predicted molar refractivity (Wildman–Crippen MR) is 105 cm³/mol. The molecule has 0 fully saturated rings. The van der Waals surface area contributed by atoms with E-state index in [1.807, 2.05) is 6.92 Å². The van der Waals surface area contributed by atoms with Gasteiger partial charge in [-0.05, 0) is 36.8 Å². The Balaban J connectivity index is 1.69. The molecule has 0 saturated heterocycles. The molecule has 3 rings (SSSR count). The number of hydrogen-bond donors (Lipinski definition) is 2. The number of anilines is 1. The molecular weight excluding hydrogens is 421 g/mol. The third kappa shape index (κ3) is 4.46. The van der Waals surface area contributed by atoms with E-state index >= 15 is 0 Å². The standard InChI is InChI=1S/C20H16ClF3N4O2/c1-2-16-13(9-26-28(16)12-5-3-4-11(21)8-12)20(30)25-10-17(29)27-15-7-6-14(22)18(23)19(15)24/h3-9H,2,10H2,1H3,(H,25,30)(H,27,29). The largest absolute Gasteiger partial charge is 0.343 e. The molecule has 0 unspecified atom stereocenters. The minimum absolute atomic E-state index is 0.254. The third-order valence-corrected chi connectivity index (χ3v) is 4.46. The number of carbonyl (C=O) groups is 2. The molecule has 6 nitrogen and oxygen atoms in total. The van der Waals surface area contributed by atoms with Crippen molar-refractivity contribution in [3.8, 4) is 5.69 Å². The summed E-state index contributed by atoms with van der Waals surface area (Å²) in [6.45, 7) is 1.33. The highest BCUT2D eigenvalue weighted by Gasteiger charge is 2.19. The summed E-state index contributed by atoms with van der Waals surface area (Å²) in [5.74, 6) is -5.97. The quantitative estimate of drug-likeness (QED) is 0.576. The molecule has 2 aromatic carbocycles. The monoisotopic (exact) mass is 436 g/mol. The molecule has 1 aromatic heterocycles. The van der Waals surface area contributed by atoms with Gasteiger partial charge in [0.25, 0.3) is 5.91 Å². The van der Waals surface area contributed by atoms with Crippen LogP contribution in [-0.4, -0.2) is 28.1 Å². The molecule has 0 aliphatic heterocycles. The van der Waals surface area contributed by atoms with E-state index in [4.69, 9.17) is 11.6 Å². The molecule has 0 bridgehead atoms. The maximum atomic E-state index is 13.6. The molecule has 0 aliphatic carbocycles. The second-order valence-electron chi connectivity index (χ2n) is 6.20. The Hall–Kier alpha value is -3.33. The first-order valence-electron chi connectivity index (χ1n) is 8.86. The molecule has 1 heterocycles. The summed E-state index contributed by atoms with van der Waals surface area (Å²) in [4.78, 5) is 24.5. The smallest absolute Gasteiger partial charge is 0.255 e. The number of halogens is 4. The van der Waals surface area contributed by atoms with E-state index in [-0.39, 0.29) is 5.56 Å². The molecule has 2 N–H and O–H groups in total. The second kappa shape index (κ2) is 9.00. The maximum Gasteiger partial charge on any atom is 0.255 e. The van der Waals surface area contributed by atoms with Gasteiger partial charge in [0, 0.05) is 5.02 Å². The Morgan fingerprint density at radius 3 is 2.60 bits per heavy atom. The number of hydrogen-bond acceptors (Lipinski definition) is 3. The summed E-state index contributed by atoms with van der Waals surface area (Å²) in [6.07, 6.45) is 1.84. The van der Waals surface area contributed by atoms with Crippen molar-refractivity contribution in [1.29, 1.82) is 0 Å². The van der Waals surface area contributed by atoms with Gasteiger partial charge in [0.15, 0.2) is 17.5 Å². The lowest BCUT2D eigenvalue weighted by Crippen LogP contribution is -2.33. The van der Waals surface area contributed by atoms with E-state index in [9.17, 15) is 22.8 Å². The first kappa shape index (κ1) is 21.4. The van der Waals surface area contributed by atoms with E-state index in [1.54, 1.807) is 28.9 Å². The van der Waals surface area contributed by atoms with Crippen molar-refractivity contribution in [3.05, 3.63) is 76.3 Å². The topological polar surface area (TPSA) is 76.0 Å². The summed E-state index contributed by atoms with van der Waals surface area (Å²) in [5, 5.41) is 9.20. The molecule has 156 valence electrons. The van der Waals surface area contributed by atoms with Crippen LogP contribution >= 0.6 is 11.6 Å². The lowest BCUT2D eigenvalue weighted by atomic mass is 10.2. The fraction of sp³-hybridized carbons (Fsp3) is 0.150. The Morgan fingerprint density at radius 2 is 1.90 bits per heavy atom. The van der Waals surface area contributed by atoms with Crippen molar-refractivity contribution in [2.24, 2.45) is 0 Å². The number of nitrogens with zero attached hydrogens (tertiary/aromatic N) is 2. The maximum absolute atomic E-state index is 13.6. The lowest BCUT2D eigenvalue weighted by molar-refractivity contribution is -0.115. The SMILES string of the molecule is CCc1c(C(=O)NCC(=O)Nc2ccc(F)c(F)c2F)cnn1-c1cccc(Cl)c1. The van der Waals surface area contributed by atoms with Crippen LogP contribution in [0.25, 0.3) is 5.69 Å². The van der Waals surface area contributed by atoms with Crippen LogP contribution in [0.3, 0.4) is 0 Å². The van der Waals surface area contributed by atoms with Gasteiger partial charge < -0.3 is 10.6 Å². The summed E-state index contributed by atoms with van der Waals surface area (Å²) in [7, 11) is 0. The first-order valence-corrected chi connectivity index (χ1v) is 9.24. The van der Waals surface area contributed by atoms with Crippen molar-refractivity contribution in [3.63, 3.8) is 0 Å². The van der Waals surface area contributed by atoms with Gasteiger partial charge in [-0.25, -0.2) is 17.9 Å². The van der Waals surface area contributed by atoms with Crippen molar-refractivity contribution in [2.75, 3.05) is 11.9 Å². The van der Waals surface area contributed by atoms with Crippen LogP contribution < -0.4 is 10.6 Å². The molecular formula is C20H16ClF3N4O2. The molecule has 30 heavy (non-hydrogen) atoms. The molecule has 0 aliphatic rings. The number of nitrogens with one attached hydrogen (secondary N) is 2. The molecule has 0 radical (unpaired) electrons. The Bertz CT molecular complexity index is 1120. The van der Waals surface area contributed by atoms with E-state index in [0.29, 0.717) is 28.9 Å². The Morgan fingerprint density at radius 1 is 1.13 bits per heavy atom. The average Bonchev–Trinajstić information content (AvgIpc) is 3.16. The second-order valence-corrected chi connectivity index (χ2v) is 6.64. The van der Waals surface area contributed by atoms with Gasteiger partial charge in [0.1, 0.15) is 0 Å². The minimum Gasteiger partial charge on any atom is -0.343 e. The number of aromatic nitrogens is 2. The first-order chi connectivity index (χ1) is 14.3. The fourth-order valence-electron chi connectivity index (χ4n) is 2.81. The number of amides is 2. The van der Waals surface area contributed by atoms with Crippen LogP contribution in [0.15, 0.2) is 42.6 Å². The van der Waals surface area contributed by atoms with Crippen LogP contribution in [0.1, 0.15) is 23.0 Å². The van der Waals surface area contributed by atoms with E-state index < -0.39 is 41.5 Å². The minimum atomic E-state index is -1.70. The van der Waals surface area contributed by atoms with Gasteiger partial charge in [0.05, 0.1) is 35.4 Å². The van der Waals surface area contributed by atoms with Crippen LogP contribution in [0, 0.1) is 17.5 Å². The van der Waals surface area contributed by atoms with E-state index in [0.717, 1.165) is 6.07 Å². The zero-order valence-electron chi connectivity index (χ0n) is 15.7. The van der Waals surface area contributed by atoms with E-state index in [2.05, 4.69) is 15.7 Å². The summed E-state index contributed by atoms with van der Waals surface area (Å²) < 4.78 is 41.4. The van der Waals surface area contributed by atoms with Crippen LogP contribution in [0.4, 0.5) is 18.9 Å². The van der Waals surface area contributed by atoms with Crippen molar-refractivity contribution in [1.82, 2.24) is 15.1 Å². The highest BCUT2D eigenvalue weighted by molar-refractivity contribution is 6.30. The van der Waals surface area contributed by atoms with Gasteiger partial charge in [-0.2, -0.15) is 5.10 Å². The van der Waals surface area contributed by atoms with Gasteiger partial charge in [-0.3, -0.25) is 9.59 Å². The zero-order chi connectivity index (χ0) is 21.8. The third-order valence-electron chi connectivity index (χ3n) is 4.22. The highest BCUT2D eigenvalue weighted by atomic mass is 35.5. The number of carbonyl (C=O) groups excluding carboxylic acids is 2. The summed E-state index contributed by atoms with van der Waals surface area (Å²) >= 11 is 6.00. The van der Waals surface area contributed by atoms with Gasteiger partial charge >= 0.3 is 0 Å². The normalized spacial score (nSPS) is 10.7. The number of benzene rings is 2. The Labute approximate surface area is 174 Å². The molecule has 10 heteroatoms. The fourth-order valence-corrected chi connectivity index (χ4v) is 2.99. The Kier molecular flexibility index (Phi) is 6.41. The van der Waals surface area contributed by atoms with Crippen LogP contribution in [-0.2, 0) is 11.2 Å². The molecule has 2 amide bonds. The molecule has 0 saturated carbocycles. The van der Waals surface area contributed by atoms with Gasteiger partial charge in [-0.15, -0.1) is 0 Å². The average molecular weight is 437 g/mol. The van der Waals surface area contributed by atoms with Crippen molar-refractivity contribution >= 4 is 29.1 Å².